The van der Waals surface area contributed by atoms with Crippen molar-refractivity contribution in [3.05, 3.63) is 64.7 Å². The van der Waals surface area contributed by atoms with Crippen LogP contribution in [0.3, 0.4) is 0 Å². The number of rotatable bonds is 6. The number of benzene rings is 2. The molecule has 20 heavy (non-hydrogen) atoms. The molecule has 2 rings (SSSR count). The van der Waals surface area contributed by atoms with E-state index in [2.05, 4.69) is 19.1 Å². The summed E-state index contributed by atoms with van der Waals surface area (Å²) >= 11 is 5.85. The minimum absolute atomic E-state index is 0.0502. The lowest BCUT2D eigenvalue weighted by Crippen LogP contribution is -2.13. The maximum Gasteiger partial charge on any atom is 0.174 e. The minimum Gasteiger partial charge on any atom is -0.486 e. The molecule has 0 heterocycles. The van der Waals surface area contributed by atoms with Gasteiger partial charge in [0.05, 0.1) is 0 Å². The van der Waals surface area contributed by atoms with Crippen LogP contribution in [0.25, 0.3) is 0 Å². The largest absolute Gasteiger partial charge is 0.486 e. The number of halogens is 1. The van der Waals surface area contributed by atoms with E-state index in [1.165, 1.54) is 5.56 Å². The summed E-state index contributed by atoms with van der Waals surface area (Å²) < 4.78 is 5.43. The first-order valence-electron chi connectivity index (χ1n) is 6.65. The van der Waals surface area contributed by atoms with Gasteiger partial charge in [-0.2, -0.15) is 0 Å². The predicted molar refractivity (Wildman–Crippen MR) is 81.5 cm³/mol. The van der Waals surface area contributed by atoms with Crippen LogP contribution in [0.5, 0.6) is 5.75 Å². The topological polar surface area (TPSA) is 26.3 Å². The highest BCUT2D eigenvalue weighted by molar-refractivity contribution is 6.30. The van der Waals surface area contributed by atoms with Crippen molar-refractivity contribution in [1.29, 1.82) is 0 Å². The Balaban J connectivity index is 1.85. The Morgan fingerprint density at radius 1 is 1.10 bits per heavy atom. The molecule has 2 aromatic rings. The molecule has 0 aromatic heterocycles. The molecule has 0 bridgehead atoms. The summed E-state index contributed by atoms with van der Waals surface area (Å²) in [6, 6.07) is 15.2. The van der Waals surface area contributed by atoms with Gasteiger partial charge >= 0.3 is 0 Å². The Kier molecular flexibility index (Phi) is 5.19. The smallest absolute Gasteiger partial charge is 0.174 e. The SMILES string of the molecule is CCc1ccc(CC(=O)COc2cccc(Cl)c2)cc1. The molecule has 0 amide bonds. The summed E-state index contributed by atoms with van der Waals surface area (Å²) in [7, 11) is 0. The van der Waals surface area contributed by atoms with Gasteiger partial charge in [-0.05, 0) is 35.7 Å². The van der Waals surface area contributed by atoms with Crippen LogP contribution < -0.4 is 4.74 Å². The Hall–Kier alpha value is -1.80. The Labute approximate surface area is 124 Å². The monoisotopic (exact) mass is 288 g/mol. The Bertz CT molecular complexity index is 576. The first-order valence-corrected chi connectivity index (χ1v) is 7.03. The Morgan fingerprint density at radius 2 is 1.80 bits per heavy atom. The second kappa shape index (κ2) is 7.11. The highest BCUT2D eigenvalue weighted by atomic mass is 35.5. The van der Waals surface area contributed by atoms with Crippen LogP contribution in [-0.4, -0.2) is 12.4 Å². The van der Waals surface area contributed by atoms with Crippen LogP contribution in [0.4, 0.5) is 0 Å². The van der Waals surface area contributed by atoms with E-state index in [9.17, 15) is 4.79 Å². The second-order valence-electron chi connectivity index (χ2n) is 4.63. The number of Topliss-reactive ketones (excluding diaryl/α,β-unsaturated/α-hetero) is 1. The predicted octanol–water partition coefficient (Wildman–Crippen LogP) is 4.09. The number of carbonyl (C=O) groups excluding carboxylic acids is 1. The third kappa shape index (κ3) is 4.39. The molecule has 0 spiro atoms. The zero-order valence-electron chi connectivity index (χ0n) is 11.4. The van der Waals surface area contributed by atoms with E-state index in [1.54, 1.807) is 24.3 Å². The van der Waals surface area contributed by atoms with Crippen molar-refractivity contribution in [2.45, 2.75) is 19.8 Å². The molecule has 0 aliphatic heterocycles. The number of hydrogen-bond donors (Lipinski definition) is 0. The fraction of sp³-hybridized carbons (Fsp3) is 0.235. The molecule has 0 aliphatic carbocycles. The van der Waals surface area contributed by atoms with Gasteiger partial charge < -0.3 is 4.74 Å². The number of hydrogen-bond acceptors (Lipinski definition) is 2. The average Bonchev–Trinajstić information content (AvgIpc) is 2.46. The number of ketones is 1. The van der Waals surface area contributed by atoms with E-state index in [0.717, 1.165) is 12.0 Å². The lowest BCUT2D eigenvalue weighted by molar-refractivity contribution is -0.120. The van der Waals surface area contributed by atoms with E-state index in [1.807, 2.05) is 12.1 Å². The van der Waals surface area contributed by atoms with Crippen molar-refractivity contribution in [2.24, 2.45) is 0 Å². The second-order valence-corrected chi connectivity index (χ2v) is 5.07. The van der Waals surface area contributed by atoms with Crippen molar-refractivity contribution in [2.75, 3.05) is 6.61 Å². The molecule has 104 valence electrons. The standard InChI is InChI=1S/C17H17ClO2/c1-2-13-6-8-14(9-7-13)10-16(19)12-20-17-5-3-4-15(18)11-17/h3-9,11H,2,10,12H2,1H3. The first-order chi connectivity index (χ1) is 9.67. The van der Waals surface area contributed by atoms with Crippen molar-refractivity contribution in [3.8, 4) is 5.75 Å². The summed E-state index contributed by atoms with van der Waals surface area (Å²) in [5.41, 5.74) is 2.29. The highest BCUT2D eigenvalue weighted by Crippen LogP contribution is 2.17. The highest BCUT2D eigenvalue weighted by Gasteiger charge is 2.05. The minimum atomic E-state index is 0.0502. The van der Waals surface area contributed by atoms with Gasteiger partial charge in [0.15, 0.2) is 5.78 Å². The van der Waals surface area contributed by atoms with Crippen LogP contribution in [-0.2, 0) is 17.6 Å². The summed E-state index contributed by atoms with van der Waals surface area (Å²) in [6.07, 6.45) is 1.40. The third-order valence-corrected chi connectivity index (χ3v) is 3.26. The molecule has 0 aliphatic rings. The van der Waals surface area contributed by atoms with Crippen LogP contribution >= 0.6 is 11.6 Å². The van der Waals surface area contributed by atoms with Crippen molar-refractivity contribution in [1.82, 2.24) is 0 Å². The molecule has 3 heteroatoms. The maximum absolute atomic E-state index is 11.9. The van der Waals surface area contributed by atoms with Gasteiger partial charge in [0.1, 0.15) is 12.4 Å². The zero-order valence-corrected chi connectivity index (χ0v) is 12.2. The summed E-state index contributed by atoms with van der Waals surface area (Å²) in [4.78, 5) is 11.9. The normalized spacial score (nSPS) is 10.3. The molecule has 0 N–H and O–H groups in total. The fourth-order valence-corrected chi connectivity index (χ4v) is 2.07. The molecule has 0 unspecified atom stereocenters. The molecule has 0 saturated carbocycles. The molecule has 0 radical (unpaired) electrons. The summed E-state index contributed by atoms with van der Waals surface area (Å²) in [6.45, 7) is 2.18. The van der Waals surface area contributed by atoms with Gasteiger partial charge in [-0.3, -0.25) is 4.79 Å². The van der Waals surface area contributed by atoms with E-state index in [0.29, 0.717) is 17.2 Å². The van der Waals surface area contributed by atoms with Gasteiger partial charge in [-0.25, -0.2) is 0 Å². The van der Waals surface area contributed by atoms with E-state index in [4.69, 9.17) is 16.3 Å². The Morgan fingerprint density at radius 3 is 2.45 bits per heavy atom. The van der Waals surface area contributed by atoms with Crippen LogP contribution in [0, 0.1) is 0 Å². The van der Waals surface area contributed by atoms with E-state index >= 15 is 0 Å². The molecule has 0 fully saturated rings. The van der Waals surface area contributed by atoms with Gasteiger partial charge in [-0.1, -0.05) is 48.9 Å². The van der Waals surface area contributed by atoms with Gasteiger partial charge in [0, 0.05) is 11.4 Å². The van der Waals surface area contributed by atoms with Crippen LogP contribution in [0.1, 0.15) is 18.1 Å². The molecule has 0 saturated heterocycles. The van der Waals surface area contributed by atoms with Gasteiger partial charge in [-0.15, -0.1) is 0 Å². The molecule has 2 aromatic carbocycles. The zero-order chi connectivity index (χ0) is 14.4. The molecular weight excluding hydrogens is 272 g/mol. The molecule has 0 atom stereocenters. The van der Waals surface area contributed by atoms with Crippen molar-refractivity contribution < 1.29 is 9.53 Å². The van der Waals surface area contributed by atoms with Crippen LogP contribution in [0.2, 0.25) is 5.02 Å². The van der Waals surface area contributed by atoms with Crippen molar-refractivity contribution >= 4 is 17.4 Å². The first kappa shape index (κ1) is 14.6. The lowest BCUT2D eigenvalue weighted by Gasteiger charge is -2.06. The summed E-state index contributed by atoms with van der Waals surface area (Å²) in [5.74, 6) is 0.668. The van der Waals surface area contributed by atoms with E-state index < -0.39 is 0 Å². The fourth-order valence-electron chi connectivity index (χ4n) is 1.89. The number of aryl methyl sites for hydroxylation is 1. The molecule has 2 nitrogen and oxygen atoms in total. The van der Waals surface area contributed by atoms with Crippen molar-refractivity contribution in [3.63, 3.8) is 0 Å². The summed E-state index contributed by atoms with van der Waals surface area (Å²) in [5, 5.41) is 0.602. The number of carbonyl (C=O) groups is 1. The molecular formula is C17H17ClO2. The van der Waals surface area contributed by atoms with E-state index in [-0.39, 0.29) is 12.4 Å². The van der Waals surface area contributed by atoms with Gasteiger partial charge in [0.2, 0.25) is 0 Å². The van der Waals surface area contributed by atoms with Gasteiger partial charge in [0.25, 0.3) is 0 Å². The average molecular weight is 289 g/mol. The lowest BCUT2D eigenvalue weighted by atomic mass is 10.1. The quantitative estimate of drug-likeness (QED) is 0.800. The maximum atomic E-state index is 11.9. The van der Waals surface area contributed by atoms with Crippen LogP contribution in [0.15, 0.2) is 48.5 Å². The third-order valence-electron chi connectivity index (χ3n) is 3.03. The number of ether oxygens (including phenoxy) is 1.